The fraction of sp³-hybridized carbons (Fsp3) is 0. The summed E-state index contributed by atoms with van der Waals surface area (Å²) in [5.74, 6) is 0. The average molecular weight is 840 g/mol. The van der Waals surface area contributed by atoms with E-state index in [0.29, 0.717) is 0 Å². The third-order valence-corrected chi connectivity index (χ3v) is 13.5. The molecular formula is C64H41NO. The van der Waals surface area contributed by atoms with Crippen molar-refractivity contribution in [2.24, 2.45) is 0 Å². The molecule has 308 valence electrons. The molecule has 0 atom stereocenters. The molecule has 1 aromatic heterocycles. The van der Waals surface area contributed by atoms with Crippen molar-refractivity contribution in [2.75, 3.05) is 4.90 Å². The van der Waals surface area contributed by atoms with Gasteiger partial charge in [0, 0.05) is 27.8 Å². The maximum absolute atomic E-state index is 6.27. The van der Waals surface area contributed by atoms with Crippen LogP contribution >= 0.6 is 0 Å². The second kappa shape index (κ2) is 15.5. The quantitative estimate of drug-likeness (QED) is 0.149. The second-order valence-corrected chi connectivity index (χ2v) is 17.2. The van der Waals surface area contributed by atoms with Crippen LogP contribution in [0.2, 0.25) is 0 Å². The lowest BCUT2D eigenvalue weighted by atomic mass is 9.93. The molecular weight excluding hydrogens is 799 g/mol. The van der Waals surface area contributed by atoms with E-state index < -0.39 is 0 Å². The van der Waals surface area contributed by atoms with Crippen LogP contribution < -0.4 is 4.90 Å². The van der Waals surface area contributed by atoms with Gasteiger partial charge in [-0.15, -0.1) is 0 Å². The van der Waals surface area contributed by atoms with Gasteiger partial charge in [0.2, 0.25) is 0 Å². The Morgan fingerprint density at radius 3 is 1.50 bits per heavy atom. The van der Waals surface area contributed by atoms with Crippen LogP contribution in [-0.4, -0.2) is 0 Å². The van der Waals surface area contributed by atoms with Crippen LogP contribution in [0.4, 0.5) is 17.1 Å². The van der Waals surface area contributed by atoms with Gasteiger partial charge in [0.05, 0.1) is 0 Å². The fourth-order valence-electron chi connectivity index (χ4n) is 10.2. The summed E-state index contributed by atoms with van der Waals surface area (Å²) in [4.78, 5) is 2.37. The molecule has 0 spiro atoms. The topological polar surface area (TPSA) is 16.4 Å². The Hall–Kier alpha value is -8.72. The largest absolute Gasteiger partial charge is 0.456 e. The summed E-state index contributed by atoms with van der Waals surface area (Å²) in [7, 11) is 0. The minimum absolute atomic E-state index is 0.898. The minimum atomic E-state index is 0.898. The zero-order valence-corrected chi connectivity index (χ0v) is 36.0. The summed E-state index contributed by atoms with van der Waals surface area (Å²) in [5, 5.41) is 12.4. The molecule has 0 N–H and O–H groups in total. The van der Waals surface area contributed by atoms with E-state index in [1.165, 1.54) is 70.9 Å². The Morgan fingerprint density at radius 1 is 0.242 bits per heavy atom. The van der Waals surface area contributed by atoms with Crippen LogP contribution in [0.3, 0.4) is 0 Å². The minimum Gasteiger partial charge on any atom is -0.456 e. The molecule has 0 unspecified atom stereocenters. The second-order valence-electron chi connectivity index (χ2n) is 17.2. The van der Waals surface area contributed by atoms with E-state index >= 15 is 0 Å². The first kappa shape index (κ1) is 37.8. The van der Waals surface area contributed by atoms with Gasteiger partial charge < -0.3 is 9.32 Å². The van der Waals surface area contributed by atoms with E-state index in [4.69, 9.17) is 4.42 Å². The zero-order chi connectivity index (χ0) is 43.6. The number of hydrogen-bond donors (Lipinski definition) is 0. The number of benzene rings is 12. The number of anilines is 3. The Labute approximate surface area is 382 Å². The summed E-state index contributed by atoms with van der Waals surface area (Å²) in [6.45, 7) is 0. The van der Waals surface area contributed by atoms with Crippen molar-refractivity contribution < 1.29 is 4.42 Å². The van der Waals surface area contributed by atoms with Crippen molar-refractivity contribution in [3.05, 3.63) is 249 Å². The van der Waals surface area contributed by atoms with E-state index in [1.807, 2.05) is 12.1 Å². The maximum Gasteiger partial charge on any atom is 0.136 e. The van der Waals surface area contributed by atoms with Gasteiger partial charge in [-0.25, -0.2) is 0 Å². The van der Waals surface area contributed by atoms with Crippen LogP contribution in [0.5, 0.6) is 0 Å². The highest BCUT2D eigenvalue weighted by atomic mass is 16.3. The van der Waals surface area contributed by atoms with E-state index in [2.05, 4.69) is 241 Å². The number of nitrogens with zero attached hydrogens (tertiary/aromatic N) is 1. The molecule has 2 heteroatoms. The molecule has 0 saturated heterocycles. The molecule has 0 fully saturated rings. The standard InChI is InChI=1S/C64H41NO/c1-3-14-54-44(10-1)26-27-50-40-49(33-38-57(50)54)43-28-34-51(35-29-43)65(52-36-30-47(31-37-52)58-18-9-21-63-64(58)61-16-5-6-20-62(61)66-63)53-13-7-12-48(41-53)42-22-24-46(25-23-42)56-17-8-19-59-55-15-4-2-11-45(55)32-39-60(56)59/h1-41H. The maximum atomic E-state index is 6.27. The first-order valence-corrected chi connectivity index (χ1v) is 22.6. The van der Waals surface area contributed by atoms with Gasteiger partial charge in [0.25, 0.3) is 0 Å². The summed E-state index contributed by atoms with van der Waals surface area (Å²) < 4.78 is 6.27. The molecule has 0 aliphatic carbocycles. The van der Waals surface area contributed by atoms with Gasteiger partial charge in [-0.3, -0.25) is 0 Å². The van der Waals surface area contributed by atoms with Crippen molar-refractivity contribution in [3.8, 4) is 44.5 Å². The molecule has 66 heavy (non-hydrogen) atoms. The van der Waals surface area contributed by atoms with E-state index in [9.17, 15) is 0 Å². The summed E-state index contributed by atoms with van der Waals surface area (Å²) in [5.41, 5.74) is 14.5. The first-order chi connectivity index (χ1) is 32.7. The Kier molecular flexibility index (Phi) is 8.89. The third kappa shape index (κ3) is 6.42. The van der Waals surface area contributed by atoms with Crippen LogP contribution in [0.1, 0.15) is 0 Å². The molecule has 0 radical (unpaired) electrons. The van der Waals surface area contributed by atoms with Gasteiger partial charge >= 0.3 is 0 Å². The third-order valence-electron chi connectivity index (χ3n) is 13.5. The monoisotopic (exact) mass is 839 g/mol. The predicted octanol–water partition coefficient (Wildman–Crippen LogP) is 18.3. The molecule has 0 saturated carbocycles. The Balaban J connectivity index is 0.880. The molecule has 0 bridgehead atoms. The predicted molar refractivity (Wildman–Crippen MR) is 280 cm³/mol. The highest BCUT2D eigenvalue weighted by Crippen LogP contribution is 2.42. The molecule has 13 rings (SSSR count). The average Bonchev–Trinajstić information content (AvgIpc) is 3.78. The SMILES string of the molecule is c1cc(-c2ccc(-c3cccc4c3ccc3ccccc34)cc2)cc(N(c2ccc(-c3ccc4c(ccc5ccccc54)c3)cc2)c2ccc(-c3cccc4oc5ccccc5c34)cc2)c1. The van der Waals surface area contributed by atoms with Gasteiger partial charge in [0.1, 0.15) is 11.2 Å². The molecule has 0 amide bonds. The number of fused-ring (bicyclic) bond motifs is 9. The van der Waals surface area contributed by atoms with Gasteiger partial charge in [-0.05, 0) is 142 Å². The summed E-state index contributed by atoms with van der Waals surface area (Å²) in [6, 6.07) is 90.3. The van der Waals surface area contributed by atoms with Crippen molar-refractivity contribution in [3.63, 3.8) is 0 Å². The molecule has 13 aromatic rings. The molecule has 2 nitrogen and oxygen atoms in total. The highest BCUT2D eigenvalue weighted by molar-refractivity contribution is 6.13. The number of hydrogen-bond acceptors (Lipinski definition) is 2. The molecule has 1 heterocycles. The smallest absolute Gasteiger partial charge is 0.136 e. The number of furan rings is 1. The normalized spacial score (nSPS) is 11.6. The van der Waals surface area contributed by atoms with Crippen molar-refractivity contribution in [1.29, 1.82) is 0 Å². The van der Waals surface area contributed by atoms with Crippen molar-refractivity contribution >= 4 is 82.1 Å². The molecule has 12 aromatic carbocycles. The first-order valence-electron chi connectivity index (χ1n) is 22.6. The Bertz CT molecular complexity index is 3970. The molecule has 0 aliphatic rings. The van der Waals surface area contributed by atoms with Crippen molar-refractivity contribution in [1.82, 2.24) is 0 Å². The number of para-hydroxylation sites is 1. The Morgan fingerprint density at radius 2 is 0.727 bits per heavy atom. The number of rotatable bonds is 7. The lowest BCUT2D eigenvalue weighted by Crippen LogP contribution is -2.10. The zero-order valence-electron chi connectivity index (χ0n) is 36.0. The van der Waals surface area contributed by atoms with Crippen molar-refractivity contribution in [2.45, 2.75) is 0 Å². The van der Waals surface area contributed by atoms with E-state index in [-0.39, 0.29) is 0 Å². The van der Waals surface area contributed by atoms with E-state index in [1.54, 1.807) is 0 Å². The van der Waals surface area contributed by atoms with Crippen LogP contribution in [0, 0.1) is 0 Å². The lowest BCUT2D eigenvalue weighted by molar-refractivity contribution is 0.669. The summed E-state index contributed by atoms with van der Waals surface area (Å²) >= 11 is 0. The van der Waals surface area contributed by atoms with Crippen LogP contribution in [0.15, 0.2) is 253 Å². The van der Waals surface area contributed by atoms with Crippen LogP contribution in [-0.2, 0) is 0 Å². The van der Waals surface area contributed by atoms with Gasteiger partial charge in [0.15, 0.2) is 0 Å². The fourth-order valence-corrected chi connectivity index (χ4v) is 10.2. The lowest BCUT2D eigenvalue weighted by Gasteiger charge is -2.26. The van der Waals surface area contributed by atoms with Crippen LogP contribution in [0.25, 0.3) is 110 Å². The van der Waals surface area contributed by atoms with Gasteiger partial charge in [-0.1, -0.05) is 194 Å². The summed E-state index contributed by atoms with van der Waals surface area (Å²) in [6.07, 6.45) is 0. The van der Waals surface area contributed by atoms with Gasteiger partial charge in [-0.2, -0.15) is 0 Å². The molecule has 0 aliphatic heterocycles. The van der Waals surface area contributed by atoms with E-state index in [0.717, 1.165) is 55.7 Å². The highest BCUT2D eigenvalue weighted by Gasteiger charge is 2.17.